The third-order valence-electron chi connectivity index (χ3n) is 1.62. The summed E-state index contributed by atoms with van der Waals surface area (Å²) >= 11 is 0. The molecule has 1 aromatic rings. The Balaban J connectivity index is 0.000000200. The van der Waals surface area contributed by atoms with Crippen LogP contribution in [0.15, 0.2) is 18.2 Å². The molecular formula is C9H14N2O. The molecule has 1 heterocycles. The Kier molecular flexibility index (Phi) is 2.94. The zero-order chi connectivity index (χ0) is 8.97. The molecule has 0 atom stereocenters. The van der Waals surface area contributed by atoms with Crippen LogP contribution in [0.5, 0.6) is 0 Å². The van der Waals surface area contributed by atoms with Crippen molar-refractivity contribution in [3.05, 3.63) is 23.8 Å². The van der Waals surface area contributed by atoms with Gasteiger partial charge in [0.2, 0.25) is 0 Å². The first-order chi connectivity index (χ1) is 5.72. The third-order valence-corrected chi connectivity index (χ3v) is 1.62. The fourth-order valence-electron chi connectivity index (χ4n) is 0.672. The molecule has 1 aliphatic heterocycles. The van der Waals surface area contributed by atoms with Crippen molar-refractivity contribution in [1.82, 2.24) is 0 Å². The SMILES string of the molecule is C1CO1.Cc1c(N)cccc1N. The van der Waals surface area contributed by atoms with E-state index in [9.17, 15) is 0 Å². The van der Waals surface area contributed by atoms with Gasteiger partial charge in [-0.25, -0.2) is 0 Å². The van der Waals surface area contributed by atoms with E-state index in [1.165, 1.54) is 0 Å². The lowest BCUT2D eigenvalue weighted by Crippen LogP contribution is -1.94. The quantitative estimate of drug-likeness (QED) is 0.449. The third kappa shape index (κ3) is 2.80. The average Bonchev–Trinajstić information content (AvgIpc) is 2.85. The topological polar surface area (TPSA) is 64.6 Å². The highest BCUT2D eigenvalue weighted by atomic mass is 16.6. The number of nitrogens with two attached hydrogens (primary N) is 2. The predicted molar refractivity (Wildman–Crippen MR) is 50.8 cm³/mol. The van der Waals surface area contributed by atoms with Gasteiger partial charge in [0, 0.05) is 11.4 Å². The van der Waals surface area contributed by atoms with E-state index in [2.05, 4.69) is 4.74 Å². The van der Waals surface area contributed by atoms with Crippen LogP contribution in [0.3, 0.4) is 0 Å². The number of hydrogen-bond donors (Lipinski definition) is 2. The van der Waals surface area contributed by atoms with Crippen molar-refractivity contribution in [1.29, 1.82) is 0 Å². The highest BCUT2D eigenvalue weighted by Gasteiger charge is 1.94. The van der Waals surface area contributed by atoms with E-state index in [0.29, 0.717) is 0 Å². The predicted octanol–water partition coefficient (Wildman–Crippen LogP) is 1.18. The first-order valence-electron chi connectivity index (χ1n) is 3.90. The molecule has 0 aromatic heterocycles. The van der Waals surface area contributed by atoms with Crippen LogP contribution in [0, 0.1) is 6.92 Å². The Morgan fingerprint density at radius 3 is 1.83 bits per heavy atom. The molecule has 66 valence electrons. The number of benzene rings is 1. The minimum Gasteiger partial charge on any atom is -0.398 e. The van der Waals surface area contributed by atoms with Crippen molar-refractivity contribution in [3.8, 4) is 0 Å². The van der Waals surface area contributed by atoms with Crippen LogP contribution in [-0.2, 0) is 4.74 Å². The first-order valence-corrected chi connectivity index (χ1v) is 3.90. The lowest BCUT2D eigenvalue weighted by atomic mass is 10.2. The van der Waals surface area contributed by atoms with Crippen molar-refractivity contribution in [2.75, 3.05) is 24.7 Å². The maximum atomic E-state index is 5.54. The largest absolute Gasteiger partial charge is 0.398 e. The van der Waals surface area contributed by atoms with Crippen LogP contribution >= 0.6 is 0 Å². The molecule has 4 N–H and O–H groups in total. The van der Waals surface area contributed by atoms with Crippen LogP contribution in [0.1, 0.15) is 5.56 Å². The smallest absolute Gasteiger partial charge is 0.0701 e. The molecule has 3 nitrogen and oxygen atoms in total. The van der Waals surface area contributed by atoms with Gasteiger partial charge in [-0.15, -0.1) is 0 Å². The first kappa shape index (κ1) is 8.87. The van der Waals surface area contributed by atoms with Crippen LogP contribution in [-0.4, -0.2) is 13.2 Å². The number of hydrogen-bond acceptors (Lipinski definition) is 3. The summed E-state index contributed by atoms with van der Waals surface area (Å²) in [6, 6.07) is 5.52. The zero-order valence-electron chi connectivity index (χ0n) is 7.21. The van der Waals surface area contributed by atoms with Gasteiger partial charge >= 0.3 is 0 Å². The highest BCUT2D eigenvalue weighted by molar-refractivity contribution is 5.59. The van der Waals surface area contributed by atoms with Gasteiger partial charge in [-0.1, -0.05) is 6.07 Å². The van der Waals surface area contributed by atoms with E-state index in [0.717, 1.165) is 30.2 Å². The standard InChI is InChI=1S/C7H10N2.C2H4O/c1-5-6(8)3-2-4-7(5)9;1-2-3-1/h2-4H,8-9H2,1H3;1-2H2. The van der Waals surface area contributed by atoms with Gasteiger partial charge in [-0.05, 0) is 24.6 Å². The van der Waals surface area contributed by atoms with Gasteiger partial charge in [-0.3, -0.25) is 0 Å². The number of rotatable bonds is 0. The molecule has 12 heavy (non-hydrogen) atoms. The molecule has 0 spiro atoms. The van der Waals surface area contributed by atoms with E-state index in [1.54, 1.807) is 0 Å². The fourth-order valence-corrected chi connectivity index (χ4v) is 0.672. The molecule has 3 heteroatoms. The van der Waals surface area contributed by atoms with Gasteiger partial charge < -0.3 is 16.2 Å². The summed E-state index contributed by atoms with van der Waals surface area (Å²) in [6.07, 6.45) is 0. The maximum Gasteiger partial charge on any atom is 0.0701 e. The van der Waals surface area contributed by atoms with Gasteiger partial charge in [-0.2, -0.15) is 0 Å². The molecule has 0 aliphatic carbocycles. The molecule has 1 aliphatic rings. The number of ether oxygens (including phenoxy) is 1. The Hall–Kier alpha value is -1.22. The molecule has 1 fully saturated rings. The van der Waals surface area contributed by atoms with Crippen molar-refractivity contribution in [2.24, 2.45) is 0 Å². The lowest BCUT2D eigenvalue weighted by molar-refractivity contribution is 0.475. The van der Waals surface area contributed by atoms with Crippen LogP contribution in [0.2, 0.25) is 0 Å². The maximum absolute atomic E-state index is 5.54. The molecule has 0 amide bonds. The summed E-state index contributed by atoms with van der Waals surface area (Å²) in [6.45, 7) is 3.91. The number of anilines is 2. The number of nitrogen functional groups attached to an aromatic ring is 2. The van der Waals surface area contributed by atoms with Gasteiger partial charge in [0.25, 0.3) is 0 Å². The second-order valence-corrected chi connectivity index (χ2v) is 2.67. The molecular weight excluding hydrogens is 152 g/mol. The van der Waals surface area contributed by atoms with Crippen molar-refractivity contribution >= 4 is 11.4 Å². The second-order valence-electron chi connectivity index (χ2n) is 2.67. The minimum atomic E-state index is 0.759. The molecule has 0 bridgehead atoms. The van der Waals surface area contributed by atoms with E-state index >= 15 is 0 Å². The lowest BCUT2D eigenvalue weighted by Gasteiger charge is -2.00. The van der Waals surface area contributed by atoms with Crippen LogP contribution < -0.4 is 11.5 Å². The summed E-state index contributed by atoms with van der Waals surface area (Å²) in [5.41, 5.74) is 13.6. The van der Waals surface area contributed by atoms with E-state index in [4.69, 9.17) is 11.5 Å². The van der Waals surface area contributed by atoms with Gasteiger partial charge in [0.15, 0.2) is 0 Å². The Labute approximate surface area is 72.3 Å². The summed E-state index contributed by atoms with van der Waals surface area (Å²) in [5.74, 6) is 0. The zero-order valence-corrected chi connectivity index (χ0v) is 7.21. The molecule has 2 rings (SSSR count). The summed E-state index contributed by atoms with van der Waals surface area (Å²) in [5, 5.41) is 0. The Morgan fingerprint density at radius 2 is 1.58 bits per heavy atom. The fraction of sp³-hybridized carbons (Fsp3) is 0.333. The summed E-state index contributed by atoms with van der Waals surface area (Å²) in [4.78, 5) is 0. The molecule has 0 radical (unpaired) electrons. The Bertz CT molecular complexity index is 236. The summed E-state index contributed by atoms with van der Waals surface area (Å²) in [7, 11) is 0. The number of epoxide rings is 1. The van der Waals surface area contributed by atoms with Crippen LogP contribution in [0.25, 0.3) is 0 Å². The Morgan fingerprint density at radius 1 is 1.17 bits per heavy atom. The van der Waals surface area contributed by atoms with E-state index in [1.807, 2.05) is 25.1 Å². The molecule has 1 aromatic carbocycles. The molecule has 0 saturated carbocycles. The van der Waals surface area contributed by atoms with Crippen molar-refractivity contribution in [3.63, 3.8) is 0 Å². The van der Waals surface area contributed by atoms with Crippen molar-refractivity contribution < 1.29 is 4.74 Å². The van der Waals surface area contributed by atoms with E-state index < -0.39 is 0 Å². The average molecular weight is 166 g/mol. The summed E-state index contributed by atoms with van der Waals surface area (Å²) < 4.78 is 4.50. The van der Waals surface area contributed by atoms with Gasteiger partial charge in [0.05, 0.1) is 13.2 Å². The monoisotopic (exact) mass is 166 g/mol. The van der Waals surface area contributed by atoms with Gasteiger partial charge in [0.1, 0.15) is 0 Å². The van der Waals surface area contributed by atoms with Crippen LogP contribution in [0.4, 0.5) is 11.4 Å². The van der Waals surface area contributed by atoms with E-state index in [-0.39, 0.29) is 0 Å². The van der Waals surface area contributed by atoms with Crippen molar-refractivity contribution in [2.45, 2.75) is 6.92 Å². The second kappa shape index (κ2) is 3.97. The normalized spacial score (nSPS) is 13.1. The molecule has 0 unspecified atom stereocenters. The minimum absolute atomic E-state index is 0.759. The molecule has 1 saturated heterocycles. The highest BCUT2D eigenvalue weighted by Crippen LogP contribution is 2.16.